The fraction of sp³-hybridized carbons (Fsp3) is 0.699. The molecule has 0 bridgehead atoms. The molecule has 12 atom stereocenters. The Hall–Kier alpha value is -3.57. The first-order chi connectivity index (χ1) is 44.0. The fourth-order valence-electron chi connectivity index (χ4n) is 14.7. The number of nitrogens with zero attached hydrogens (tertiary/aromatic N) is 6. The van der Waals surface area contributed by atoms with Crippen molar-refractivity contribution in [2.24, 2.45) is 0 Å². The highest BCUT2D eigenvalue weighted by atomic mass is 35.5. The predicted octanol–water partition coefficient (Wildman–Crippen LogP) is 18.8. The van der Waals surface area contributed by atoms with E-state index >= 15 is 0 Å². The van der Waals surface area contributed by atoms with E-state index in [4.69, 9.17) is 30.5 Å². The minimum Gasteiger partial charge on any atom is -0.374 e. The van der Waals surface area contributed by atoms with Gasteiger partial charge in [0.2, 0.25) is 0 Å². The van der Waals surface area contributed by atoms with Crippen molar-refractivity contribution >= 4 is 23.4 Å². The van der Waals surface area contributed by atoms with E-state index in [9.17, 15) is 39.5 Å². The summed E-state index contributed by atoms with van der Waals surface area (Å²) in [5, 5.41) is -0.354. The molecule has 21 heteroatoms. The number of thioether (sulfide) groups is 1. The van der Waals surface area contributed by atoms with Crippen molar-refractivity contribution in [3.05, 3.63) is 123 Å². The van der Waals surface area contributed by atoms with Gasteiger partial charge < -0.3 is 33.6 Å². The van der Waals surface area contributed by atoms with E-state index in [0.717, 1.165) is 88.9 Å². The lowest BCUT2D eigenvalue weighted by Crippen LogP contribution is -2.47. The Balaban J connectivity index is 0.000000199. The van der Waals surface area contributed by atoms with E-state index in [1.807, 2.05) is 87.6 Å². The van der Waals surface area contributed by atoms with Crippen LogP contribution in [0.25, 0.3) is 0 Å². The van der Waals surface area contributed by atoms with E-state index < -0.39 is 35.5 Å². The normalized spacial score (nSPS) is 26.6. The second-order valence-corrected chi connectivity index (χ2v) is 29.4. The maximum absolute atomic E-state index is 13.2. The molecule has 94 heavy (non-hydrogen) atoms. The summed E-state index contributed by atoms with van der Waals surface area (Å²) >= 11 is 7.50. The molecule has 2 aromatic heterocycles. The monoisotopic (exact) mass is 1370 g/mol. The van der Waals surface area contributed by atoms with Gasteiger partial charge in [0, 0.05) is 52.3 Å². The Bertz CT molecular complexity index is 2900. The molecule has 0 amide bonds. The molecular formula is C73H108ClF9N6O4S. The van der Waals surface area contributed by atoms with Gasteiger partial charge in [-0.15, -0.1) is 11.8 Å². The van der Waals surface area contributed by atoms with Crippen molar-refractivity contribution in [1.29, 1.82) is 0 Å². The van der Waals surface area contributed by atoms with Crippen LogP contribution in [0.5, 0.6) is 0 Å². The standard InChI is InChI=1S/C19H27F3N2O.C19H28F3NO.C18H29NOS.C17H24ClF3N2O/c1-13(2)25-17-9-8-14(12-16(17)24-10-3-4-11-24)15-6-5-7-18(23-15)19(20,21)22;1-12(2)24-18-10-9-14(11-17(18)23(4)5)15-7-6-8-16(13(15)3)19(20,21)22;1-13(2)20-18-10-9-15(12-17(18)19(3)4)14-7-6-8-16(11-14)21-5;1-10(2)24-15-8-5-11(9-14(15)23(3)4)13-7-6-12(18)16(22-13)17(19,20)21/h5-7,13-14,16-17H,3-4,8-12H2,1-2H3;6-8,12,14,17-18H,9-11H2,1-5H3;6-8,11,13,15,17-18H,9-10,12H2,1-5H3;6-7,10-11,14-15H,5,8-9H2,1-4H3/t14-,16-,17-;14-,17-,18-;15-,17-,18-;11-,14-,15-/m0000/s1. The van der Waals surface area contributed by atoms with E-state index in [1.54, 1.807) is 19.1 Å². The van der Waals surface area contributed by atoms with Gasteiger partial charge in [0.15, 0.2) is 5.69 Å². The summed E-state index contributed by atoms with van der Waals surface area (Å²) in [6.07, 6.45) is 3.82. The topological polar surface area (TPSA) is 75.7 Å². The van der Waals surface area contributed by atoms with Gasteiger partial charge in [-0.2, -0.15) is 39.5 Å². The van der Waals surface area contributed by atoms with Crippen LogP contribution in [0.3, 0.4) is 0 Å². The molecule has 4 aromatic rings. The molecule has 5 fully saturated rings. The van der Waals surface area contributed by atoms with Gasteiger partial charge in [-0.25, -0.2) is 9.97 Å². The summed E-state index contributed by atoms with van der Waals surface area (Å²) in [5.41, 5.74) is 1.43. The number of halogens is 10. The number of pyridine rings is 2. The number of aromatic nitrogens is 2. The predicted molar refractivity (Wildman–Crippen MR) is 361 cm³/mol. The average Bonchev–Trinajstić information content (AvgIpc) is 0.898. The van der Waals surface area contributed by atoms with Crippen molar-refractivity contribution in [2.75, 3.05) is 61.6 Å². The molecule has 3 heterocycles. The number of ether oxygens (including phenoxy) is 4. The summed E-state index contributed by atoms with van der Waals surface area (Å²) in [4.78, 5) is 18.2. The van der Waals surface area contributed by atoms with Crippen molar-refractivity contribution < 1.29 is 58.5 Å². The zero-order valence-electron chi connectivity index (χ0n) is 58.5. The zero-order chi connectivity index (χ0) is 69.6. The first-order valence-electron chi connectivity index (χ1n) is 34.0. The molecular weight excluding hydrogens is 1260 g/mol. The van der Waals surface area contributed by atoms with Crippen LogP contribution in [0, 0.1) is 6.92 Å². The fourth-order valence-corrected chi connectivity index (χ4v) is 15.4. The van der Waals surface area contributed by atoms with Gasteiger partial charge >= 0.3 is 18.5 Å². The second-order valence-electron chi connectivity index (χ2n) is 28.1. The molecule has 530 valence electrons. The molecule has 4 aliphatic carbocycles. The maximum atomic E-state index is 13.2. The molecule has 0 N–H and O–H groups in total. The molecule has 0 unspecified atom stereocenters. The van der Waals surface area contributed by atoms with Crippen molar-refractivity contribution in [1.82, 2.24) is 29.6 Å². The average molecular weight is 1370 g/mol. The van der Waals surface area contributed by atoms with Crippen molar-refractivity contribution in [3.63, 3.8) is 0 Å². The quantitative estimate of drug-likeness (QED) is 0.0749. The van der Waals surface area contributed by atoms with Gasteiger partial charge in [0.05, 0.1) is 59.4 Å². The smallest absolute Gasteiger partial charge is 0.374 e. The van der Waals surface area contributed by atoms with Gasteiger partial charge in [0.1, 0.15) is 5.69 Å². The van der Waals surface area contributed by atoms with Crippen LogP contribution in [0.1, 0.15) is 214 Å². The van der Waals surface area contributed by atoms with Crippen LogP contribution < -0.4 is 0 Å². The zero-order valence-corrected chi connectivity index (χ0v) is 60.1. The number of rotatable bonds is 17. The number of alkyl halides is 9. The molecule has 1 aliphatic heterocycles. The molecule has 10 nitrogen and oxygen atoms in total. The molecule has 5 aliphatic rings. The van der Waals surface area contributed by atoms with E-state index in [2.05, 4.69) is 88.0 Å². The Kier molecular flexibility index (Phi) is 30.4. The SMILES string of the molecule is CC(C)O[C@H]1CC[C@H](c2ccc(Cl)c(C(F)(F)F)n2)C[C@@H]1N(C)C.CC(C)O[C@H]1CC[C@H](c2cccc(C(F)(F)F)n2)C[C@@H]1N1CCCC1.CSc1cccc([C@H]2CC[C@H](OC(C)C)[C@@H](N(C)C)C2)c1.Cc1c([C@H]2CC[C@H](OC(C)C)[C@@H](N(C)C)C2)cccc1C(F)(F)F. The molecule has 0 radical (unpaired) electrons. The highest BCUT2D eigenvalue weighted by molar-refractivity contribution is 7.98. The Labute approximate surface area is 565 Å². The summed E-state index contributed by atoms with van der Waals surface area (Å²) < 4.78 is 142. The largest absolute Gasteiger partial charge is 0.434 e. The third kappa shape index (κ3) is 23.3. The number of hydrogen-bond acceptors (Lipinski definition) is 11. The first-order valence-corrected chi connectivity index (χ1v) is 35.6. The Morgan fingerprint density at radius 2 is 0.947 bits per heavy atom. The minimum atomic E-state index is -4.54. The Morgan fingerprint density at radius 3 is 1.44 bits per heavy atom. The van der Waals surface area contributed by atoms with Crippen molar-refractivity contribution in [3.8, 4) is 0 Å². The van der Waals surface area contributed by atoms with Crippen LogP contribution in [-0.4, -0.2) is 164 Å². The minimum absolute atomic E-state index is 0.0252. The van der Waals surface area contributed by atoms with Crippen LogP contribution in [0.4, 0.5) is 39.5 Å². The lowest BCUT2D eigenvalue weighted by atomic mass is 9.77. The second kappa shape index (κ2) is 36.0. The van der Waals surface area contributed by atoms with Gasteiger partial charge in [-0.05, 0) is 285 Å². The molecule has 2 aromatic carbocycles. The van der Waals surface area contributed by atoms with Crippen LogP contribution in [-0.2, 0) is 37.5 Å². The van der Waals surface area contributed by atoms with Crippen LogP contribution in [0.2, 0.25) is 5.02 Å². The van der Waals surface area contributed by atoms with E-state index in [-0.39, 0.29) is 77.5 Å². The lowest BCUT2D eigenvalue weighted by molar-refractivity contribution is -0.142. The molecule has 1 saturated heterocycles. The lowest BCUT2D eigenvalue weighted by Gasteiger charge is -2.41. The van der Waals surface area contributed by atoms with E-state index in [1.165, 1.54) is 60.4 Å². The molecule has 9 rings (SSSR count). The number of likely N-dealkylation sites (tertiary alicyclic amines) is 1. The number of benzene rings is 2. The third-order valence-corrected chi connectivity index (χ3v) is 20.2. The highest BCUT2D eigenvalue weighted by Gasteiger charge is 2.42. The summed E-state index contributed by atoms with van der Waals surface area (Å²) in [7, 11) is 12.3. The number of hydrogen-bond donors (Lipinski definition) is 0. The van der Waals surface area contributed by atoms with Crippen LogP contribution >= 0.6 is 23.4 Å². The first kappa shape index (κ1) is 79.4. The van der Waals surface area contributed by atoms with Gasteiger partial charge in [-0.1, -0.05) is 41.9 Å². The van der Waals surface area contributed by atoms with E-state index in [0.29, 0.717) is 41.1 Å². The highest BCUT2D eigenvalue weighted by Crippen LogP contribution is 2.44. The van der Waals surface area contributed by atoms with Crippen LogP contribution in [0.15, 0.2) is 77.7 Å². The Morgan fingerprint density at radius 1 is 0.500 bits per heavy atom. The summed E-state index contributed by atoms with van der Waals surface area (Å²) in [5.74, 6) is 0.853. The van der Waals surface area contributed by atoms with Gasteiger partial charge in [0.25, 0.3) is 0 Å². The summed E-state index contributed by atoms with van der Waals surface area (Å²) in [6, 6.07) is 22.0. The third-order valence-electron chi connectivity index (χ3n) is 19.1. The maximum Gasteiger partial charge on any atom is 0.434 e. The van der Waals surface area contributed by atoms with Crippen molar-refractivity contribution in [2.45, 2.75) is 272 Å². The van der Waals surface area contributed by atoms with Gasteiger partial charge in [-0.3, -0.25) is 4.90 Å². The summed E-state index contributed by atoms with van der Waals surface area (Å²) in [6.45, 7) is 20.1. The molecule has 0 spiro atoms. The number of likely N-dealkylation sites (N-methyl/N-ethyl adjacent to an activating group) is 3. The molecule has 4 saturated carbocycles.